The lowest BCUT2D eigenvalue weighted by Gasteiger charge is -2.40. The van der Waals surface area contributed by atoms with Gasteiger partial charge in [0, 0.05) is 68.5 Å². The molecule has 186 valence electrons. The first kappa shape index (κ1) is 22.8. The molecular formula is C26H33N5O3S. The van der Waals surface area contributed by atoms with Crippen molar-refractivity contribution in [3.63, 3.8) is 0 Å². The van der Waals surface area contributed by atoms with Crippen LogP contribution < -0.4 is 0 Å². The zero-order valence-corrected chi connectivity index (χ0v) is 21.3. The number of imidazole rings is 1. The van der Waals surface area contributed by atoms with E-state index in [4.69, 9.17) is 0 Å². The van der Waals surface area contributed by atoms with E-state index in [0.717, 1.165) is 55.7 Å². The van der Waals surface area contributed by atoms with E-state index in [1.54, 1.807) is 23.9 Å². The minimum absolute atomic E-state index is 0.0412. The molecule has 1 aromatic carbocycles. The third kappa shape index (κ3) is 3.80. The molecule has 2 aliphatic heterocycles. The van der Waals surface area contributed by atoms with Crippen LogP contribution in [-0.4, -0.2) is 63.3 Å². The molecular weight excluding hydrogens is 462 g/mol. The van der Waals surface area contributed by atoms with E-state index in [0.29, 0.717) is 29.5 Å². The van der Waals surface area contributed by atoms with Crippen molar-refractivity contribution < 1.29 is 13.2 Å². The minimum atomic E-state index is -3.86. The van der Waals surface area contributed by atoms with Gasteiger partial charge in [0.1, 0.15) is 0 Å². The molecule has 0 spiro atoms. The molecule has 6 rings (SSSR count). The highest BCUT2D eigenvalue weighted by atomic mass is 32.2. The number of carbonyl (C=O) groups is 1. The lowest BCUT2D eigenvalue weighted by Crippen LogP contribution is -2.43. The number of aryl methyl sites for hydroxylation is 1. The van der Waals surface area contributed by atoms with Crippen molar-refractivity contribution >= 4 is 26.8 Å². The summed E-state index contributed by atoms with van der Waals surface area (Å²) in [6.07, 6.45) is 9.45. The van der Waals surface area contributed by atoms with Gasteiger partial charge in [0.25, 0.3) is 15.9 Å². The van der Waals surface area contributed by atoms with Crippen LogP contribution in [0.4, 0.5) is 0 Å². The Morgan fingerprint density at radius 1 is 1.09 bits per heavy atom. The van der Waals surface area contributed by atoms with Crippen LogP contribution in [0.15, 0.2) is 35.7 Å². The number of benzene rings is 1. The van der Waals surface area contributed by atoms with Crippen LogP contribution in [0, 0.1) is 5.92 Å². The van der Waals surface area contributed by atoms with Gasteiger partial charge in [-0.2, -0.15) is 8.42 Å². The quantitative estimate of drug-likeness (QED) is 0.554. The van der Waals surface area contributed by atoms with Crippen molar-refractivity contribution in [2.24, 2.45) is 13.0 Å². The van der Waals surface area contributed by atoms with Crippen molar-refractivity contribution in [3.05, 3.63) is 47.5 Å². The van der Waals surface area contributed by atoms with Gasteiger partial charge in [-0.3, -0.25) is 9.69 Å². The topological polar surface area (TPSA) is 80.4 Å². The molecule has 4 heterocycles. The number of carbonyl (C=O) groups excluding carboxylic acids is 1. The van der Waals surface area contributed by atoms with Crippen LogP contribution in [0.1, 0.15) is 60.6 Å². The van der Waals surface area contributed by atoms with Gasteiger partial charge in [-0.15, -0.1) is 0 Å². The number of likely N-dealkylation sites (tertiary alicyclic amines) is 1. The van der Waals surface area contributed by atoms with E-state index in [1.165, 1.54) is 29.6 Å². The van der Waals surface area contributed by atoms with E-state index < -0.39 is 10.0 Å². The standard InChI is InChI=1S/C26H33N5O3S/c1-18-8-11-29(12-9-18)26(32)19-6-7-23-21(14-19)22-15-30(20-4-3-5-20)13-10-24(22)31(23)35(33,34)25-16-28(2)17-27-25/h6-7,14,16-18,20H,3-5,8-13,15H2,1-2H3. The summed E-state index contributed by atoms with van der Waals surface area (Å²) in [5.41, 5.74) is 3.15. The maximum atomic E-state index is 13.8. The Labute approximate surface area is 206 Å². The van der Waals surface area contributed by atoms with Crippen LogP contribution in [0.5, 0.6) is 0 Å². The summed E-state index contributed by atoms with van der Waals surface area (Å²) in [6.45, 7) is 5.36. The number of piperidine rings is 1. The SMILES string of the molecule is CC1CCN(C(=O)c2ccc3c(c2)c2c(n3S(=O)(=O)c3cn(C)cn3)CCN(C3CCC3)C2)CC1. The zero-order chi connectivity index (χ0) is 24.3. The van der Waals surface area contributed by atoms with Gasteiger partial charge in [-0.25, -0.2) is 8.96 Å². The molecule has 0 bridgehead atoms. The van der Waals surface area contributed by atoms with E-state index in [-0.39, 0.29) is 10.9 Å². The Morgan fingerprint density at radius 2 is 1.86 bits per heavy atom. The Bertz CT molecular complexity index is 1390. The third-order valence-corrected chi connectivity index (χ3v) is 9.86. The first-order valence-corrected chi connectivity index (χ1v) is 14.2. The zero-order valence-electron chi connectivity index (χ0n) is 20.5. The first-order valence-electron chi connectivity index (χ1n) is 12.8. The number of fused-ring (bicyclic) bond motifs is 3. The third-order valence-electron chi connectivity index (χ3n) is 8.23. The fourth-order valence-corrected chi connectivity index (χ4v) is 7.40. The largest absolute Gasteiger partial charge is 0.339 e. The van der Waals surface area contributed by atoms with Crippen molar-refractivity contribution in [2.75, 3.05) is 19.6 Å². The highest BCUT2D eigenvalue weighted by Crippen LogP contribution is 2.37. The van der Waals surface area contributed by atoms with E-state index in [2.05, 4.69) is 16.8 Å². The van der Waals surface area contributed by atoms with Gasteiger partial charge in [-0.05, 0) is 55.4 Å². The highest BCUT2D eigenvalue weighted by Gasteiger charge is 2.35. The summed E-state index contributed by atoms with van der Waals surface area (Å²) in [5, 5.41) is 0.920. The molecule has 1 aliphatic carbocycles. The van der Waals surface area contributed by atoms with Crippen molar-refractivity contribution in [2.45, 2.75) is 63.1 Å². The van der Waals surface area contributed by atoms with Crippen LogP contribution in [0.3, 0.4) is 0 Å². The molecule has 9 heteroatoms. The lowest BCUT2D eigenvalue weighted by atomic mass is 9.89. The normalized spacial score (nSPS) is 20.2. The minimum Gasteiger partial charge on any atom is -0.339 e. The molecule has 0 atom stereocenters. The Morgan fingerprint density at radius 3 is 2.51 bits per heavy atom. The maximum absolute atomic E-state index is 13.8. The molecule has 8 nitrogen and oxygen atoms in total. The molecule has 35 heavy (non-hydrogen) atoms. The molecule has 2 fully saturated rings. The van der Waals surface area contributed by atoms with Crippen LogP contribution >= 0.6 is 0 Å². The number of aromatic nitrogens is 3. The second-order valence-corrected chi connectivity index (χ2v) is 12.3. The van der Waals surface area contributed by atoms with Gasteiger partial charge in [0.05, 0.1) is 11.8 Å². The van der Waals surface area contributed by atoms with Gasteiger partial charge >= 0.3 is 0 Å². The molecule has 1 saturated heterocycles. The Balaban J connectivity index is 1.46. The average molecular weight is 496 g/mol. The van der Waals surface area contributed by atoms with E-state index >= 15 is 0 Å². The lowest BCUT2D eigenvalue weighted by molar-refractivity contribution is 0.0697. The summed E-state index contributed by atoms with van der Waals surface area (Å²) >= 11 is 0. The number of nitrogens with zero attached hydrogens (tertiary/aromatic N) is 5. The fraction of sp³-hybridized carbons (Fsp3) is 0.538. The summed E-state index contributed by atoms with van der Waals surface area (Å²) < 4.78 is 30.7. The molecule has 1 saturated carbocycles. The van der Waals surface area contributed by atoms with Crippen LogP contribution in [0.25, 0.3) is 10.9 Å². The van der Waals surface area contributed by atoms with Crippen LogP contribution in [0.2, 0.25) is 0 Å². The number of amides is 1. The smallest absolute Gasteiger partial charge is 0.287 e. The summed E-state index contributed by atoms with van der Waals surface area (Å²) in [4.78, 5) is 21.9. The average Bonchev–Trinajstić information content (AvgIpc) is 3.39. The molecule has 0 radical (unpaired) electrons. The van der Waals surface area contributed by atoms with Crippen molar-refractivity contribution in [3.8, 4) is 0 Å². The molecule has 0 unspecified atom stereocenters. The Kier molecular flexibility index (Phi) is 5.52. The van der Waals surface area contributed by atoms with Crippen molar-refractivity contribution in [1.29, 1.82) is 0 Å². The second kappa shape index (κ2) is 8.48. The molecule has 0 N–H and O–H groups in total. The highest BCUT2D eigenvalue weighted by molar-refractivity contribution is 7.90. The molecule has 2 aromatic heterocycles. The molecule has 3 aliphatic rings. The molecule has 1 amide bonds. The predicted octanol–water partition coefficient (Wildman–Crippen LogP) is 3.39. The van der Waals surface area contributed by atoms with Gasteiger partial charge in [0.2, 0.25) is 0 Å². The summed E-state index contributed by atoms with van der Waals surface area (Å²) in [7, 11) is -2.09. The number of hydrogen-bond donors (Lipinski definition) is 0. The number of hydrogen-bond acceptors (Lipinski definition) is 5. The predicted molar refractivity (Wildman–Crippen MR) is 134 cm³/mol. The molecule has 3 aromatic rings. The van der Waals surface area contributed by atoms with Crippen molar-refractivity contribution in [1.82, 2.24) is 23.3 Å². The summed E-state index contributed by atoms with van der Waals surface area (Å²) in [5.74, 6) is 0.691. The Hall–Kier alpha value is -2.65. The first-order chi connectivity index (χ1) is 16.8. The van der Waals surface area contributed by atoms with E-state index in [9.17, 15) is 13.2 Å². The maximum Gasteiger partial charge on any atom is 0.287 e. The number of rotatable bonds is 4. The van der Waals surface area contributed by atoms with Gasteiger partial charge in [0.15, 0.2) is 5.03 Å². The fourth-order valence-electron chi connectivity index (χ4n) is 5.82. The van der Waals surface area contributed by atoms with Gasteiger partial charge in [-0.1, -0.05) is 13.3 Å². The van der Waals surface area contributed by atoms with Crippen LogP contribution in [-0.2, 0) is 30.0 Å². The van der Waals surface area contributed by atoms with Gasteiger partial charge < -0.3 is 9.47 Å². The van der Waals surface area contributed by atoms with E-state index in [1.807, 2.05) is 17.0 Å². The summed E-state index contributed by atoms with van der Waals surface area (Å²) in [6, 6.07) is 6.13. The monoisotopic (exact) mass is 495 g/mol. The second-order valence-electron chi connectivity index (χ2n) is 10.6.